The Morgan fingerprint density at radius 1 is 1.00 bits per heavy atom. The molecule has 0 amide bonds. The Morgan fingerprint density at radius 3 is 2.47 bits per heavy atom. The predicted molar refractivity (Wildman–Crippen MR) is 83.0 cm³/mol. The van der Waals surface area contributed by atoms with Crippen molar-refractivity contribution < 1.29 is 0 Å². The summed E-state index contributed by atoms with van der Waals surface area (Å²) in [5.74, 6) is 2.74. The van der Waals surface area contributed by atoms with Crippen molar-refractivity contribution in [1.82, 2.24) is 0 Å². The Bertz CT molecular complexity index is 558. The molecule has 0 heteroatoms. The maximum absolute atomic E-state index is 5.51. The highest BCUT2D eigenvalue weighted by Gasteiger charge is 2.05. The van der Waals surface area contributed by atoms with Crippen LogP contribution in [-0.2, 0) is 6.42 Å². The Balaban J connectivity index is 2.34. The first-order valence-corrected chi connectivity index (χ1v) is 7.00. The largest absolute Gasteiger partial charge is 0.115 e. The van der Waals surface area contributed by atoms with Crippen molar-refractivity contribution in [1.29, 1.82) is 0 Å². The van der Waals surface area contributed by atoms with Crippen molar-refractivity contribution in [2.24, 2.45) is 0 Å². The highest BCUT2D eigenvalue weighted by Crippen LogP contribution is 2.26. The quantitative estimate of drug-likeness (QED) is 0.512. The first-order valence-electron chi connectivity index (χ1n) is 7.00. The van der Waals surface area contributed by atoms with E-state index in [1.54, 1.807) is 0 Å². The highest BCUT2D eigenvalue weighted by atomic mass is 14.1. The number of terminal acetylenes is 1. The van der Waals surface area contributed by atoms with Crippen LogP contribution in [-0.4, -0.2) is 0 Å². The minimum Gasteiger partial charge on any atom is -0.115 e. The Labute approximate surface area is 116 Å². The fourth-order valence-corrected chi connectivity index (χ4v) is 2.36. The minimum absolute atomic E-state index is 0.978. The van der Waals surface area contributed by atoms with Gasteiger partial charge in [-0.3, -0.25) is 0 Å². The van der Waals surface area contributed by atoms with Crippen LogP contribution in [0.1, 0.15) is 37.3 Å². The van der Waals surface area contributed by atoms with Gasteiger partial charge in [-0.05, 0) is 41.7 Å². The third kappa shape index (κ3) is 3.48. The van der Waals surface area contributed by atoms with E-state index in [4.69, 9.17) is 6.42 Å². The van der Waals surface area contributed by atoms with E-state index in [1.807, 2.05) is 6.07 Å². The predicted octanol–water partition coefficient (Wildman–Crippen LogP) is 5.07. The summed E-state index contributed by atoms with van der Waals surface area (Å²) in [5, 5.41) is 0. The van der Waals surface area contributed by atoms with Crippen LogP contribution in [0.2, 0.25) is 0 Å². The van der Waals surface area contributed by atoms with Crippen molar-refractivity contribution in [3.8, 4) is 23.5 Å². The molecule has 0 saturated carbocycles. The minimum atomic E-state index is 0.978. The van der Waals surface area contributed by atoms with Crippen molar-refractivity contribution in [3.05, 3.63) is 59.7 Å². The Kier molecular flexibility index (Phi) is 4.81. The van der Waals surface area contributed by atoms with E-state index >= 15 is 0 Å². The second-order valence-electron chi connectivity index (χ2n) is 4.84. The van der Waals surface area contributed by atoms with Gasteiger partial charge in [0.1, 0.15) is 0 Å². The van der Waals surface area contributed by atoms with E-state index in [0.717, 1.165) is 12.0 Å². The number of hydrogen-bond donors (Lipinski definition) is 0. The highest BCUT2D eigenvalue weighted by molar-refractivity contribution is 5.68. The van der Waals surface area contributed by atoms with Crippen molar-refractivity contribution in [2.75, 3.05) is 0 Å². The molecule has 0 saturated heterocycles. The van der Waals surface area contributed by atoms with Crippen LogP contribution in [0.15, 0.2) is 48.5 Å². The summed E-state index contributed by atoms with van der Waals surface area (Å²) in [6.07, 6.45) is 10.4. The zero-order chi connectivity index (χ0) is 13.5. The molecule has 0 atom stereocenters. The average molecular weight is 248 g/mol. The van der Waals surface area contributed by atoms with Crippen LogP contribution in [0.25, 0.3) is 11.1 Å². The molecule has 0 fully saturated rings. The lowest BCUT2D eigenvalue weighted by molar-refractivity contribution is 0.718. The number of benzene rings is 2. The molecular formula is C19H20. The molecule has 96 valence electrons. The second-order valence-corrected chi connectivity index (χ2v) is 4.84. The third-order valence-electron chi connectivity index (χ3n) is 3.41. The van der Waals surface area contributed by atoms with Gasteiger partial charge in [-0.1, -0.05) is 62.1 Å². The maximum atomic E-state index is 5.51. The molecule has 0 nitrogen and oxygen atoms in total. The van der Waals surface area contributed by atoms with Crippen molar-refractivity contribution in [3.63, 3.8) is 0 Å². The summed E-state index contributed by atoms with van der Waals surface area (Å²) < 4.78 is 0. The number of hydrogen-bond acceptors (Lipinski definition) is 0. The standard InChI is InChI=1S/C19H20/c1-3-5-7-12-18-15-16(4-2)13-14-19(18)17-10-8-6-9-11-17/h2,6,8-11,13-15H,3,5,7,12H2,1H3. The van der Waals surface area contributed by atoms with E-state index in [9.17, 15) is 0 Å². The first-order chi connectivity index (χ1) is 9.35. The summed E-state index contributed by atoms with van der Waals surface area (Å²) in [4.78, 5) is 0. The molecule has 0 aliphatic carbocycles. The van der Waals surface area contributed by atoms with E-state index in [2.05, 4.69) is 55.3 Å². The van der Waals surface area contributed by atoms with Crippen LogP contribution in [0.5, 0.6) is 0 Å². The van der Waals surface area contributed by atoms with E-state index < -0.39 is 0 Å². The third-order valence-corrected chi connectivity index (χ3v) is 3.41. The van der Waals surface area contributed by atoms with Crippen LogP contribution in [0.3, 0.4) is 0 Å². The van der Waals surface area contributed by atoms with Crippen LogP contribution >= 0.6 is 0 Å². The van der Waals surface area contributed by atoms with E-state index in [0.29, 0.717) is 0 Å². The van der Waals surface area contributed by atoms with Gasteiger partial charge in [0.2, 0.25) is 0 Å². The molecule has 0 radical (unpaired) electrons. The van der Waals surface area contributed by atoms with Crippen LogP contribution in [0, 0.1) is 12.3 Å². The zero-order valence-corrected chi connectivity index (χ0v) is 11.5. The van der Waals surface area contributed by atoms with Gasteiger partial charge >= 0.3 is 0 Å². The molecule has 2 aromatic carbocycles. The number of aryl methyl sites for hydroxylation is 1. The lowest BCUT2D eigenvalue weighted by Gasteiger charge is -2.10. The number of unbranched alkanes of at least 4 members (excludes halogenated alkanes) is 2. The van der Waals surface area contributed by atoms with Gasteiger partial charge in [0, 0.05) is 5.56 Å². The monoisotopic (exact) mass is 248 g/mol. The van der Waals surface area contributed by atoms with Gasteiger partial charge in [-0.15, -0.1) is 6.42 Å². The number of rotatable bonds is 5. The average Bonchev–Trinajstić information content (AvgIpc) is 2.48. The molecule has 0 aliphatic heterocycles. The fourth-order valence-electron chi connectivity index (χ4n) is 2.36. The molecule has 0 unspecified atom stereocenters. The Morgan fingerprint density at radius 2 is 1.79 bits per heavy atom. The summed E-state index contributed by atoms with van der Waals surface area (Å²) in [5.41, 5.74) is 4.94. The van der Waals surface area contributed by atoms with Gasteiger partial charge < -0.3 is 0 Å². The molecule has 0 spiro atoms. The summed E-state index contributed by atoms with van der Waals surface area (Å²) >= 11 is 0. The maximum Gasteiger partial charge on any atom is 0.0245 e. The summed E-state index contributed by atoms with van der Waals surface area (Å²) in [6, 6.07) is 16.9. The SMILES string of the molecule is C#Cc1ccc(-c2ccccc2)c(CCCCC)c1. The lowest BCUT2D eigenvalue weighted by atomic mass is 9.94. The fraction of sp³-hybridized carbons (Fsp3) is 0.263. The lowest BCUT2D eigenvalue weighted by Crippen LogP contribution is -1.92. The van der Waals surface area contributed by atoms with Crippen LogP contribution < -0.4 is 0 Å². The zero-order valence-electron chi connectivity index (χ0n) is 11.5. The van der Waals surface area contributed by atoms with Crippen molar-refractivity contribution >= 4 is 0 Å². The summed E-state index contributed by atoms with van der Waals surface area (Å²) in [6.45, 7) is 2.23. The molecule has 0 aliphatic rings. The smallest absolute Gasteiger partial charge is 0.0245 e. The molecule has 0 aromatic heterocycles. The van der Waals surface area contributed by atoms with Gasteiger partial charge in [0.25, 0.3) is 0 Å². The van der Waals surface area contributed by atoms with Gasteiger partial charge in [0.15, 0.2) is 0 Å². The summed E-state index contributed by atoms with van der Waals surface area (Å²) in [7, 11) is 0. The van der Waals surface area contributed by atoms with E-state index in [-0.39, 0.29) is 0 Å². The molecule has 0 N–H and O–H groups in total. The molecular weight excluding hydrogens is 228 g/mol. The van der Waals surface area contributed by atoms with Gasteiger partial charge in [-0.25, -0.2) is 0 Å². The molecule has 2 rings (SSSR count). The molecule has 2 aromatic rings. The van der Waals surface area contributed by atoms with Crippen LogP contribution in [0.4, 0.5) is 0 Å². The topological polar surface area (TPSA) is 0 Å². The normalized spacial score (nSPS) is 10.1. The molecule has 19 heavy (non-hydrogen) atoms. The van der Waals surface area contributed by atoms with Gasteiger partial charge in [0.05, 0.1) is 0 Å². The molecule has 0 heterocycles. The second kappa shape index (κ2) is 6.81. The molecule has 0 bridgehead atoms. The first kappa shape index (κ1) is 13.4. The van der Waals surface area contributed by atoms with Crippen molar-refractivity contribution in [2.45, 2.75) is 32.6 Å². The van der Waals surface area contributed by atoms with E-state index in [1.165, 1.54) is 36.0 Å². The Hall–Kier alpha value is -2.00. The van der Waals surface area contributed by atoms with Gasteiger partial charge in [-0.2, -0.15) is 0 Å².